The van der Waals surface area contributed by atoms with Crippen LogP contribution in [0.3, 0.4) is 0 Å². The Kier molecular flexibility index (Phi) is 5.05. The van der Waals surface area contributed by atoms with E-state index in [9.17, 15) is 22.8 Å². The molecule has 1 heterocycles. The Morgan fingerprint density at radius 1 is 1.27 bits per heavy atom. The lowest BCUT2D eigenvalue weighted by Gasteiger charge is -2.31. The van der Waals surface area contributed by atoms with Crippen LogP contribution in [-0.2, 0) is 9.59 Å². The molecule has 1 atom stereocenters. The molecule has 1 N–H and O–H groups in total. The maximum Gasteiger partial charge on any atom is 0.229 e. The van der Waals surface area contributed by atoms with E-state index in [2.05, 4.69) is 5.32 Å². The van der Waals surface area contributed by atoms with Crippen molar-refractivity contribution in [3.8, 4) is 0 Å². The van der Waals surface area contributed by atoms with Gasteiger partial charge in [0.25, 0.3) is 0 Å². The lowest BCUT2D eigenvalue weighted by Crippen LogP contribution is -2.43. The summed E-state index contributed by atoms with van der Waals surface area (Å²) in [6.45, 7) is 2.59. The molecule has 0 aliphatic carbocycles. The molecule has 1 aromatic rings. The van der Waals surface area contributed by atoms with Gasteiger partial charge in [-0.05, 0) is 25.0 Å². The molecule has 1 aliphatic heterocycles. The number of carbonyl (C=O) groups excluding carboxylic acids is 2. The normalized spacial score (nSPS) is 18.2. The van der Waals surface area contributed by atoms with E-state index in [4.69, 9.17) is 0 Å². The maximum atomic E-state index is 13.6. The fraction of sp³-hybridized carbons (Fsp3) is 0.467. The van der Waals surface area contributed by atoms with Crippen molar-refractivity contribution in [3.05, 3.63) is 29.6 Å². The number of benzene rings is 1. The summed E-state index contributed by atoms with van der Waals surface area (Å²) in [4.78, 5) is 25.4. The Hall–Kier alpha value is -2.05. The number of hydrogen-bond acceptors (Lipinski definition) is 2. The van der Waals surface area contributed by atoms with Gasteiger partial charge < -0.3 is 10.2 Å². The second-order valence-corrected chi connectivity index (χ2v) is 5.24. The average Bonchev–Trinajstić information content (AvgIpc) is 2.54. The number of rotatable bonds is 3. The van der Waals surface area contributed by atoms with Crippen LogP contribution in [0.15, 0.2) is 12.1 Å². The predicted octanol–water partition coefficient (Wildman–Crippen LogP) is 2.69. The molecule has 2 amide bonds. The van der Waals surface area contributed by atoms with Crippen LogP contribution in [0.4, 0.5) is 18.9 Å². The highest BCUT2D eigenvalue weighted by molar-refractivity contribution is 5.93. The van der Waals surface area contributed by atoms with Gasteiger partial charge in [-0.2, -0.15) is 0 Å². The number of piperidine rings is 1. The van der Waals surface area contributed by atoms with Gasteiger partial charge in [0.15, 0.2) is 17.5 Å². The molecule has 0 spiro atoms. The molecule has 1 aromatic carbocycles. The third-order valence-electron chi connectivity index (χ3n) is 3.74. The van der Waals surface area contributed by atoms with Gasteiger partial charge in [-0.15, -0.1) is 0 Å². The summed E-state index contributed by atoms with van der Waals surface area (Å²) < 4.78 is 39.6. The molecule has 4 nitrogen and oxygen atoms in total. The molecule has 0 radical (unpaired) electrons. The van der Waals surface area contributed by atoms with E-state index < -0.39 is 35.0 Å². The number of halogens is 3. The number of nitrogens with zero attached hydrogens (tertiary/aromatic N) is 1. The van der Waals surface area contributed by atoms with Crippen LogP contribution in [0.5, 0.6) is 0 Å². The van der Waals surface area contributed by atoms with E-state index in [1.54, 1.807) is 11.8 Å². The molecule has 120 valence electrons. The first kappa shape index (κ1) is 16.3. The number of hydrogen-bond donors (Lipinski definition) is 1. The monoisotopic (exact) mass is 314 g/mol. The zero-order chi connectivity index (χ0) is 16.3. The van der Waals surface area contributed by atoms with Crippen LogP contribution in [-0.4, -0.2) is 29.8 Å². The van der Waals surface area contributed by atoms with Crippen molar-refractivity contribution < 1.29 is 22.8 Å². The number of likely N-dealkylation sites (tertiary alicyclic amines) is 1. The van der Waals surface area contributed by atoms with Gasteiger partial charge in [-0.1, -0.05) is 6.92 Å². The summed E-state index contributed by atoms with van der Waals surface area (Å²) in [5, 5.41) is 2.27. The van der Waals surface area contributed by atoms with Crippen molar-refractivity contribution >= 4 is 17.5 Å². The molecule has 1 aliphatic rings. The minimum atomic E-state index is -1.62. The zero-order valence-corrected chi connectivity index (χ0v) is 12.2. The highest BCUT2D eigenvalue weighted by atomic mass is 19.2. The van der Waals surface area contributed by atoms with Gasteiger partial charge >= 0.3 is 0 Å². The summed E-state index contributed by atoms with van der Waals surface area (Å²) >= 11 is 0. The summed E-state index contributed by atoms with van der Waals surface area (Å²) in [7, 11) is 0. The van der Waals surface area contributed by atoms with Crippen LogP contribution in [0, 0.1) is 23.4 Å². The number of nitrogens with one attached hydrogen (secondary N) is 1. The lowest BCUT2D eigenvalue weighted by molar-refractivity contribution is -0.134. The summed E-state index contributed by atoms with van der Waals surface area (Å²) in [6.07, 6.45) is 1.58. The SMILES string of the molecule is CCC(=O)N1CCCC(C(=O)Nc2ccc(F)c(F)c2F)C1. The standard InChI is InChI=1S/C15H17F3N2O2/c1-2-12(21)20-7-3-4-9(8-20)15(22)19-11-6-5-10(16)13(17)14(11)18/h5-6,9H,2-4,7-8H2,1H3,(H,19,22). The van der Waals surface area contributed by atoms with E-state index in [1.807, 2.05) is 0 Å². The van der Waals surface area contributed by atoms with E-state index >= 15 is 0 Å². The van der Waals surface area contributed by atoms with Crippen molar-refractivity contribution in [2.75, 3.05) is 18.4 Å². The van der Waals surface area contributed by atoms with Gasteiger partial charge in [0.1, 0.15) is 0 Å². The number of carbonyl (C=O) groups is 2. The fourth-order valence-electron chi connectivity index (χ4n) is 2.50. The Bertz CT molecular complexity index is 592. The van der Waals surface area contributed by atoms with Crippen LogP contribution in [0.25, 0.3) is 0 Å². The van der Waals surface area contributed by atoms with Crippen LogP contribution in [0.2, 0.25) is 0 Å². The van der Waals surface area contributed by atoms with E-state index in [0.29, 0.717) is 25.8 Å². The average molecular weight is 314 g/mol. The van der Waals surface area contributed by atoms with Crippen LogP contribution < -0.4 is 5.32 Å². The molecule has 2 rings (SSSR count). The zero-order valence-electron chi connectivity index (χ0n) is 12.2. The van der Waals surface area contributed by atoms with Gasteiger partial charge in [-0.25, -0.2) is 13.2 Å². The first-order chi connectivity index (χ1) is 10.4. The summed E-state index contributed by atoms with van der Waals surface area (Å²) in [5.74, 6) is -5.39. The molecule has 0 aromatic heterocycles. The minimum absolute atomic E-state index is 0.0449. The van der Waals surface area contributed by atoms with Gasteiger partial charge in [0.2, 0.25) is 11.8 Å². The van der Waals surface area contributed by atoms with E-state index in [1.165, 1.54) is 0 Å². The first-order valence-corrected chi connectivity index (χ1v) is 7.16. The van der Waals surface area contributed by atoms with Crippen molar-refractivity contribution in [2.45, 2.75) is 26.2 Å². The third-order valence-corrected chi connectivity index (χ3v) is 3.74. The van der Waals surface area contributed by atoms with Gasteiger partial charge in [0, 0.05) is 19.5 Å². The van der Waals surface area contributed by atoms with Crippen molar-refractivity contribution in [3.63, 3.8) is 0 Å². The molecule has 1 unspecified atom stereocenters. The molecule has 0 saturated carbocycles. The molecule has 1 fully saturated rings. The Morgan fingerprint density at radius 2 is 2.00 bits per heavy atom. The summed E-state index contributed by atoms with van der Waals surface area (Å²) in [5.41, 5.74) is -0.400. The van der Waals surface area contributed by atoms with E-state index in [-0.39, 0.29) is 12.5 Å². The van der Waals surface area contributed by atoms with Gasteiger partial charge in [0.05, 0.1) is 11.6 Å². The Balaban J connectivity index is 2.06. The topological polar surface area (TPSA) is 49.4 Å². The Morgan fingerprint density at radius 3 is 2.68 bits per heavy atom. The smallest absolute Gasteiger partial charge is 0.229 e. The summed E-state index contributed by atoms with van der Waals surface area (Å²) in [6, 6.07) is 1.73. The fourth-order valence-corrected chi connectivity index (χ4v) is 2.50. The molecule has 7 heteroatoms. The van der Waals surface area contributed by atoms with Crippen molar-refractivity contribution in [2.24, 2.45) is 5.92 Å². The second kappa shape index (κ2) is 6.81. The quantitative estimate of drug-likeness (QED) is 0.872. The molecule has 22 heavy (non-hydrogen) atoms. The molecular formula is C15H17F3N2O2. The van der Waals surface area contributed by atoms with Gasteiger partial charge in [-0.3, -0.25) is 9.59 Å². The third kappa shape index (κ3) is 3.40. The predicted molar refractivity (Wildman–Crippen MR) is 74.5 cm³/mol. The van der Waals surface area contributed by atoms with Crippen molar-refractivity contribution in [1.82, 2.24) is 4.90 Å². The highest BCUT2D eigenvalue weighted by Crippen LogP contribution is 2.23. The van der Waals surface area contributed by atoms with Crippen molar-refractivity contribution in [1.29, 1.82) is 0 Å². The van der Waals surface area contributed by atoms with Crippen LogP contribution in [0.1, 0.15) is 26.2 Å². The van der Waals surface area contributed by atoms with E-state index in [0.717, 1.165) is 12.1 Å². The minimum Gasteiger partial charge on any atom is -0.342 e. The highest BCUT2D eigenvalue weighted by Gasteiger charge is 2.28. The Labute approximate surface area is 126 Å². The first-order valence-electron chi connectivity index (χ1n) is 7.16. The largest absolute Gasteiger partial charge is 0.342 e. The second-order valence-electron chi connectivity index (χ2n) is 5.24. The molecule has 0 bridgehead atoms. The van der Waals surface area contributed by atoms with Crippen LogP contribution >= 0.6 is 0 Å². The number of amides is 2. The molecule has 1 saturated heterocycles. The lowest BCUT2D eigenvalue weighted by atomic mass is 9.96. The maximum absolute atomic E-state index is 13.6. The molecular weight excluding hydrogens is 297 g/mol. The number of anilines is 1.